The number of aryl methyl sites for hydroxylation is 2. The lowest BCUT2D eigenvalue weighted by Gasteiger charge is -2.21. The molecule has 2 heterocycles. The van der Waals surface area contributed by atoms with Gasteiger partial charge in [0.25, 0.3) is 0 Å². The van der Waals surface area contributed by atoms with Crippen LogP contribution in [-0.2, 0) is 6.18 Å². The highest BCUT2D eigenvalue weighted by Gasteiger charge is 2.34. The van der Waals surface area contributed by atoms with Gasteiger partial charge in [0.1, 0.15) is 0 Å². The average molecular weight is 758 g/mol. The van der Waals surface area contributed by atoms with Crippen molar-refractivity contribution in [1.29, 1.82) is 0 Å². The van der Waals surface area contributed by atoms with Crippen LogP contribution in [0.15, 0.2) is 170 Å². The molecular weight excluding hydrogens is 724 g/mol. The molecule has 0 saturated carbocycles. The van der Waals surface area contributed by atoms with Crippen molar-refractivity contribution in [2.24, 2.45) is 0 Å². The number of hydrogen-bond acceptors (Lipinski definition) is 0. The first kappa shape index (κ1) is 35.1. The van der Waals surface area contributed by atoms with Crippen molar-refractivity contribution in [1.82, 2.24) is 9.13 Å². The second-order valence-corrected chi connectivity index (χ2v) is 14.8. The molecule has 0 atom stereocenters. The van der Waals surface area contributed by atoms with E-state index in [1.165, 1.54) is 12.1 Å². The molecule has 6 heteroatoms. The van der Waals surface area contributed by atoms with Gasteiger partial charge in [-0.2, -0.15) is 13.2 Å². The van der Waals surface area contributed by atoms with Crippen molar-refractivity contribution in [3.8, 4) is 44.8 Å². The molecule has 0 bridgehead atoms. The van der Waals surface area contributed by atoms with Crippen LogP contribution in [0.4, 0.5) is 18.9 Å². The molecule has 10 aromatic rings. The van der Waals surface area contributed by atoms with Crippen LogP contribution in [0.25, 0.3) is 93.2 Å². The van der Waals surface area contributed by atoms with Crippen molar-refractivity contribution >= 4 is 49.3 Å². The Hall–Kier alpha value is -7.36. The molecule has 0 N–H and O–H groups in total. The molecule has 0 fully saturated rings. The van der Waals surface area contributed by atoms with Gasteiger partial charge in [-0.25, -0.2) is 4.85 Å². The lowest BCUT2D eigenvalue weighted by Crippen LogP contribution is -2.08. The Balaban J connectivity index is 1.38. The van der Waals surface area contributed by atoms with Crippen LogP contribution in [0, 0.1) is 20.4 Å². The Morgan fingerprint density at radius 2 is 0.862 bits per heavy atom. The highest BCUT2D eigenvalue weighted by molar-refractivity contribution is 6.13. The monoisotopic (exact) mass is 757 g/mol. The molecule has 0 aliphatic carbocycles. The van der Waals surface area contributed by atoms with Crippen LogP contribution in [0.1, 0.15) is 16.7 Å². The summed E-state index contributed by atoms with van der Waals surface area (Å²) >= 11 is 0. The molecule has 3 nitrogen and oxygen atoms in total. The van der Waals surface area contributed by atoms with E-state index in [0.29, 0.717) is 11.4 Å². The number of fused-ring (bicyclic) bond motifs is 6. The van der Waals surface area contributed by atoms with Crippen LogP contribution in [0.5, 0.6) is 0 Å². The summed E-state index contributed by atoms with van der Waals surface area (Å²) < 4.78 is 48.7. The average Bonchev–Trinajstić information content (AvgIpc) is 3.75. The molecule has 8 aromatic carbocycles. The summed E-state index contributed by atoms with van der Waals surface area (Å²) in [6.07, 6.45) is -4.64. The predicted octanol–water partition coefficient (Wildman–Crippen LogP) is 15.1. The molecule has 2 aromatic heterocycles. The smallest absolute Gasteiger partial charge is 0.308 e. The standard InChI is InChI=1S/C52H34F3N3/c1-32-14-4-6-16-36(32)34-24-26-41-39-19-9-12-22-46(39)57(48(41)28-34)50-30-43(38-18-8-11-21-44(38)52(53,54)55)45(56-3)31-51(50)58-47-23-13-10-20-40(47)42-27-25-35(29-49(42)58)37-17-7-5-15-33(37)2/h4-31H,1-2H3. The maximum absolute atomic E-state index is 14.8. The van der Waals surface area contributed by atoms with E-state index in [-0.39, 0.29) is 16.8 Å². The fraction of sp³-hybridized carbons (Fsp3) is 0.0577. The Morgan fingerprint density at radius 3 is 1.36 bits per heavy atom. The van der Waals surface area contributed by atoms with Crippen molar-refractivity contribution in [3.05, 3.63) is 198 Å². The summed E-state index contributed by atoms with van der Waals surface area (Å²) in [7, 11) is 0. The highest BCUT2D eigenvalue weighted by Crippen LogP contribution is 2.46. The minimum Gasteiger partial charge on any atom is -0.308 e. The number of nitrogens with zero attached hydrogens (tertiary/aromatic N) is 3. The molecular formula is C52H34F3N3. The van der Waals surface area contributed by atoms with E-state index in [2.05, 4.69) is 113 Å². The predicted molar refractivity (Wildman–Crippen MR) is 232 cm³/mol. The van der Waals surface area contributed by atoms with Gasteiger partial charge < -0.3 is 9.13 Å². The molecule has 0 radical (unpaired) electrons. The molecule has 0 aliphatic heterocycles. The van der Waals surface area contributed by atoms with Crippen LogP contribution in [0.2, 0.25) is 0 Å². The van der Waals surface area contributed by atoms with E-state index < -0.39 is 11.7 Å². The summed E-state index contributed by atoms with van der Waals surface area (Å²) in [4.78, 5) is 3.95. The van der Waals surface area contributed by atoms with Gasteiger partial charge >= 0.3 is 6.18 Å². The van der Waals surface area contributed by atoms with E-state index in [0.717, 1.165) is 83.1 Å². The molecule has 278 valence electrons. The first-order valence-electron chi connectivity index (χ1n) is 19.1. The first-order valence-corrected chi connectivity index (χ1v) is 19.1. The van der Waals surface area contributed by atoms with Crippen LogP contribution < -0.4 is 0 Å². The van der Waals surface area contributed by atoms with Gasteiger partial charge in [-0.15, -0.1) is 0 Å². The third-order valence-corrected chi connectivity index (χ3v) is 11.5. The summed E-state index contributed by atoms with van der Waals surface area (Å²) in [5.41, 5.74) is 11.0. The fourth-order valence-electron chi connectivity index (χ4n) is 8.79. The van der Waals surface area contributed by atoms with E-state index in [9.17, 15) is 13.2 Å². The number of alkyl halides is 3. The third-order valence-electron chi connectivity index (χ3n) is 11.5. The molecule has 0 aliphatic rings. The van der Waals surface area contributed by atoms with Gasteiger partial charge in [-0.1, -0.05) is 127 Å². The van der Waals surface area contributed by atoms with Crippen molar-refractivity contribution in [3.63, 3.8) is 0 Å². The van der Waals surface area contributed by atoms with E-state index in [4.69, 9.17) is 6.57 Å². The zero-order valence-electron chi connectivity index (χ0n) is 31.6. The number of hydrogen-bond donors (Lipinski definition) is 0. The maximum atomic E-state index is 14.8. The van der Waals surface area contributed by atoms with Crippen molar-refractivity contribution in [2.75, 3.05) is 0 Å². The third kappa shape index (κ3) is 5.50. The van der Waals surface area contributed by atoms with Crippen molar-refractivity contribution in [2.45, 2.75) is 20.0 Å². The maximum Gasteiger partial charge on any atom is 0.416 e. The summed E-state index contributed by atoms with van der Waals surface area (Å²) in [6, 6.07) is 54.9. The largest absolute Gasteiger partial charge is 0.416 e. The highest BCUT2D eigenvalue weighted by atomic mass is 19.4. The number of aromatic nitrogens is 2. The van der Waals surface area contributed by atoms with Crippen LogP contribution in [0.3, 0.4) is 0 Å². The Kier molecular flexibility index (Phi) is 8.10. The zero-order chi connectivity index (χ0) is 39.7. The van der Waals surface area contributed by atoms with E-state index in [1.807, 2.05) is 48.5 Å². The second-order valence-electron chi connectivity index (χ2n) is 14.8. The molecule has 0 unspecified atom stereocenters. The number of benzene rings is 8. The normalized spacial score (nSPS) is 11.9. The molecule has 58 heavy (non-hydrogen) atoms. The summed E-state index contributed by atoms with van der Waals surface area (Å²) in [6.45, 7) is 12.6. The molecule has 0 saturated heterocycles. The molecule has 10 rings (SSSR count). The molecule has 0 amide bonds. The summed E-state index contributed by atoms with van der Waals surface area (Å²) in [5, 5.41) is 4.07. The summed E-state index contributed by atoms with van der Waals surface area (Å²) in [5.74, 6) is 0. The second kappa shape index (κ2) is 13.4. The first-order chi connectivity index (χ1) is 28.2. The fourth-order valence-corrected chi connectivity index (χ4v) is 8.79. The minimum atomic E-state index is -4.64. The van der Waals surface area contributed by atoms with Crippen LogP contribution >= 0.6 is 0 Å². The van der Waals surface area contributed by atoms with Gasteiger partial charge in [0.2, 0.25) is 0 Å². The lowest BCUT2D eigenvalue weighted by molar-refractivity contribution is -0.137. The van der Waals surface area contributed by atoms with Gasteiger partial charge in [-0.05, 0) is 101 Å². The SMILES string of the molecule is [C-]#[N+]c1cc(-n2c3ccccc3c3ccc(-c4ccccc4C)cc32)c(-n2c3ccccc3c3ccc(-c4ccccc4C)cc32)cc1-c1ccccc1C(F)(F)F. The lowest BCUT2D eigenvalue weighted by atomic mass is 9.96. The van der Waals surface area contributed by atoms with Crippen LogP contribution in [-0.4, -0.2) is 9.13 Å². The van der Waals surface area contributed by atoms with Gasteiger partial charge in [0, 0.05) is 21.5 Å². The van der Waals surface area contributed by atoms with Crippen molar-refractivity contribution < 1.29 is 13.2 Å². The topological polar surface area (TPSA) is 14.2 Å². The van der Waals surface area contributed by atoms with E-state index in [1.54, 1.807) is 18.2 Å². The number of rotatable bonds is 5. The van der Waals surface area contributed by atoms with E-state index >= 15 is 0 Å². The minimum absolute atomic E-state index is 0.0424. The Labute approximate surface area is 333 Å². The number of para-hydroxylation sites is 2. The molecule has 0 spiro atoms. The van der Waals surface area contributed by atoms with Gasteiger partial charge in [-0.3, -0.25) is 0 Å². The van der Waals surface area contributed by atoms with Gasteiger partial charge in [0.15, 0.2) is 5.69 Å². The Morgan fingerprint density at radius 1 is 0.431 bits per heavy atom. The Bertz CT molecular complexity index is 3320. The zero-order valence-corrected chi connectivity index (χ0v) is 31.6. The van der Waals surface area contributed by atoms with Gasteiger partial charge in [0.05, 0.1) is 45.6 Å². The number of halogens is 3. The quantitative estimate of drug-likeness (QED) is 0.155.